The lowest BCUT2D eigenvalue weighted by molar-refractivity contribution is 0.0527. The number of aldehydes is 1. The molecule has 0 aliphatic rings. The second-order valence-electron chi connectivity index (χ2n) is 4.06. The highest BCUT2D eigenvalue weighted by molar-refractivity contribution is 6.02. The lowest BCUT2D eigenvalue weighted by atomic mass is 10.0. The summed E-state index contributed by atoms with van der Waals surface area (Å²) in [5.41, 5.74) is 1.98. The third kappa shape index (κ3) is 2.56. The molecule has 0 aliphatic carbocycles. The second kappa shape index (κ2) is 6.06. The molecule has 104 valence electrons. The molecule has 2 aromatic rings. The zero-order valence-electron chi connectivity index (χ0n) is 11.3. The zero-order valence-corrected chi connectivity index (χ0v) is 11.3. The Morgan fingerprint density at radius 2 is 2.00 bits per heavy atom. The molecular weight excluding hydrogens is 258 g/mol. The van der Waals surface area contributed by atoms with E-state index in [-0.39, 0.29) is 6.61 Å². The Morgan fingerprint density at radius 1 is 1.30 bits per heavy atom. The van der Waals surface area contributed by atoms with E-state index < -0.39 is 5.97 Å². The van der Waals surface area contributed by atoms with Gasteiger partial charge in [0.15, 0.2) is 6.29 Å². The van der Waals surface area contributed by atoms with Crippen molar-refractivity contribution >= 4 is 12.3 Å². The van der Waals surface area contributed by atoms with Crippen molar-refractivity contribution in [3.8, 4) is 16.9 Å². The summed E-state index contributed by atoms with van der Waals surface area (Å²) in [6, 6.07) is 7.12. The Hall–Kier alpha value is -2.56. The molecule has 20 heavy (non-hydrogen) atoms. The average molecular weight is 273 g/mol. The first-order chi connectivity index (χ1) is 9.71. The van der Waals surface area contributed by atoms with Crippen molar-refractivity contribution in [1.29, 1.82) is 0 Å². The van der Waals surface area contributed by atoms with Crippen LogP contribution in [0.15, 0.2) is 30.5 Å². The molecule has 0 bridgehead atoms. The molecule has 2 rings (SSSR count). The van der Waals surface area contributed by atoms with Gasteiger partial charge in [0.25, 0.3) is 0 Å². The summed E-state index contributed by atoms with van der Waals surface area (Å²) in [6.45, 7) is 2.01. The summed E-state index contributed by atoms with van der Waals surface area (Å²) in [6.07, 6.45) is 2.17. The molecular formula is C15H15NO4. The Balaban J connectivity index is 2.49. The van der Waals surface area contributed by atoms with Gasteiger partial charge >= 0.3 is 5.97 Å². The molecule has 0 atom stereocenters. The summed E-state index contributed by atoms with van der Waals surface area (Å²) in [5.74, 6) is 0.247. The number of hydrogen-bond acceptors (Lipinski definition) is 4. The van der Waals surface area contributed by atoms with E-state index in [0.29, 0.717) is 28.9 Å². The van der Waals surface area contributed by atoms with Gasteiger partial charge in [-0.1, -0.05) is 12.1 Å². The average Bonchev–Trinajstić information content (AvgIpc) is 2.91. The van der Waals surface area contributed by atoms with Gasteiger partial charge < -0.3 is 14.5 Å². The highest BCUT2D eigenvalue weighted by Gasteiger charge is 2.19. The maximum atomic E-state index is 11.9. The van der Waals surface area contributed by atoms with E-state index in [9.17, 15) is 9.59 Å². The number of nitrogens with one attached hydrogen (secondary N) is 1. The third-order valence-electron chi connectivity index (χ3n) is 2.90. The minimum atomic E-state index is -0.456. The number of methoxy groups -OCH3 is 1. The Bertz CT molecular complexity index is 613. The van der Waals surface area contributed by atoms with Crippen molar-refractivity contribution in [1.82, 2.24) is 4.98 Å². The molecule has 5 heteroatoms. The van der Waals surface area contributed by atoms with E-state index in [4.69, 9.17) is 9.47 Å². The number of hydrogen-bond donors (Lipinski definition) is 1. The molecule has 0 unspecified atom stereocenters. The zero-order chi connectivity index (χ0) is 14.5. The molecule has 0 spiro atoms. The largest absolute Gasteiger partial charge is 0.497 e. The molecule has 0 aliphatic heterocycles. The van der Waals surface area contributed by atoms with Crippen LogP contribution < -0.4 is 4.74 Å². The topological polar surface area (TPSA) is 68.4 Å². The van der Waals surface area contributed by atoms with Crippen molar-refractivity contribution < 1.29 is 19.1 Å². The molecule has 5 nitrogen and oxygen atoms in total. The van der Waals surface area contributed by atoms with Gasteiger partial charge in [0.1, 0.15) is 5.75 Å². The lowest BCUT2D eigenvalue weighted by Crippen LogP contribution is -2.05. The van der Waals surface area contributed by atoms with Crippen molar-refractivity contribution in [3.05, 3.63) is 41.7 Å². The fraction of sp³-hybridized carbons (Fsp3) is 0.200. The van der Waals surface area contributed by atoms with Crippen LogP contribution in [0.4, 0.5) is 0 Å². The van der Waals surface area contributed by atoms with Crippen LogP contribution in [0.1, 0.15) is 27.8 Å². The number of esters is 1. The van der Waals surface area contributed by atoms with E-state index in [1.165, 1.54) is 6.20 Å². The maximum Gasteiger partial charge on any atom is 0.340 e. The van der Waals surface area contributed by atoms with Crippen LogP contribution in [0.25, 0.3) is 11.1 Å². The summed E-state index contributed by atoms with van der Waals surface area (Å²) in [7, 11) is 1.58. The quantitative estimate of drug-likeness (QED) is 0.671. The first-order valence-electron chi connectivity index (χ1n) is 6.19. The van der Waals surface area contributed by atoms with Crippen LogP contribution in [-0.2, 0) is 4.74 Å². The number of rotatable bonds is 5. The second-order valence-corrected chi connectivity index (χ2v) is 4.06. The number of carbonyl (C=O) groups is 2. The minimum absolute atomic E-state index is 0.280. The molecule has 1 aromatic carbocycles. The predicted octanol–water partition coefficient (Wildman–Crippen LogP) is 2.68. The number of benzene rings is 1. The Labute approximate surface area is 116 Å². The van der Waals surface area contributed by atoms with Crippen molar-refractivity contribution in [3.63, 3.8) is 0 Å². The molecule has 1 N–H and O–H groups in total. The molecule has 1 aromatic heterocycles. The Morgan fingerprint density at radius 3 is 2.55 bits per heavy atom. The van der Waals surface area contributed by atoms with Crippen molar-refractivity contribution in [2.45, 2.75) is 6.92 Å². The van der Waals surface area contributed by atoms with Gasteiger partial charge in [-0.2, -0.15) is 0 Å². The smallest absolute Gasteiger partial charge is 0.340 e. The normalized spacial score (nSPS) is 10.1. The summed E-state index contributed by atoms with van der Waals surface area (Å²) in [4.78, 5) is 25.8. The number of H-pyrrole nitrogens is 1. The fourth-order valence-electron chi connectivity index (χ4n) is 1.97. The van der Waals surface area contributed by atoms with Crippen LogP contribution >= 0.6 is 0 Å². The van der Waals surface area contributed by atoms with Gasteiger partial charge in [-0.25, -0.2) is 4.79 Å². The molecule has 0 radical (unpaired) electrons. The molecule has 0 fully saturated rings. The molecule has 0 amide bonds. The highest BCUT2D eigenvalue weighted by atomic mass is 16.5. The Kier molecular flexibility index (Phi) is 4.20. The first kappa shape index (κ1) is 13.9. The number of aromatic nitrogens is 1. The fourth-order valence-corrected chi connectivity index (χ4v) is 1.97. The molecule has 0 saturated heterocycles. The third-order valence-corrected chi connectivity index (χ3v) is 2.90. The highest BCUT2D eigenvalue weighted by Crippen LogP contribution is 2.29. The summed E-state index contributed by atoms with van der Waals surface area (Å²) >= 11 is 0. The maximum absolute atomic E-state index is 11.9. The van der Waals surface area contributed by atoms with Crippen molar-refractivity contribution in [2.75, 3.05) is 13.7 Å². The standard InChI is InChI=1S/C15H15NO4/c1-3-20-15(18)12-8-16-13(9-17)14(12)10-4-6-11(19-2)7-5-10/h4-9,16H,3H2,1-2H3. The van der Waals surface area contributed by atoms with Crippen LogP contribution in [0, 0.1) is 0 Å². The van der Waals surface area contributed by atoms with Gasteiger partial charge in [0.2, 0.25) is 0 Å². The van der Waals surface area contributed by atoms with Crippen LogP contribution in [0.5, 0.6) is 5.75 Å². The molecule has 1 heterocycles. The van der Waals surface area contributed by atoms with Gasteiger partial charge in [-0.3, -0.25) is 4.79 Å². The monoisotopic (exact) mass is 273 g/mol. The predicted molar refractivity (Wildman–Crippen MR) is 74.1 cm³/mol. The minimum Gasteiger partial charge on any atom is -0.497 e. The number of aromatic amines is 1. The van der Waals surface area contributed by atoms with E-state index in [1.807, 2.05) is 0 Å². The van der Waals surface area contributed by atoms with Gasteiger partial charge in [0, 0.05) is 11.8 Å². The van der Waals surface area contributed by atoms with E-state index in [2.05, 4.69) is 4.98 Å². The lowest BCUT2D eigenvalue weighted by Gasteiger charge is -2.06. The van der Waals surface area contributed by atoms with Crippen molar-refractivity contribution in [2.24, 2.45) is 0 Å². The number of carbonyl (C=O) groups excluding carboxylic acids is 2. The van der Waals surface area contributed by atoms with Crippen LogP contribution in [0.3, 0.4) is 0 Å². The van der Waals surface area contributed by atoms with E-state index >= 15 is 0 Å². The SMILES string of the molecule is CCOC(=O)c1c[nH]c(C=O)c1-c1ccc(OC)cc1. The number of ether oxygens (including phenoxy) is 2. The van der Waals surface area contributed by atoms with Gasteiger partial charge in [-0.15, -0.1) is 0 Å². The van der Waals surface area contributed by atoms with E-state index in [0.717, 1.165) is 5.56 Å². The van der Waals surface area contributed by atoms with E-state index in [1.54, 1.807) is 38.3 Å². The summed E-state index contributed by atoms with van der Waals surface area (Å²) < 4.78 is 10.1. The summed E-state index contributed by atoms with van der Waals surface area (Å²) in [5, 5.41) is 0. The van der Waals surface area contributed by atoms with Gasteiger partial charge in [0.05, 0.1) is 25.0 Å². The first-order valence-corrected chi connectivity index (χ1v) is 6.19. The van der Waals surface area contributed by atoms with Gasteiger partial charge in [-0.05, 0) is 24.6 Å². The molecule has 0 saturated carbocycles. The van der Waals surface area contributed by atoms with Crippen LogP contribution in [-0.4, -0.2) is 31.0 Å². The van der Waals surface area contributed by atoms with Crippen LogP contribution in [0.2, 0.25) is 0 Å².